The van der Waals surface area contributed by atoms with Crippen molar-refractivity contribution in [3.8, 4) is 17.2 Å². The van der Waals surface area contributed by atoms with Gasteiger partial charge in [-0.3, -0.25) is 14.4 Å². The van der Waals surface area contributed by atoms with Crippen molar-refractivity contribution < 1.29 is 28.6 Å². The lowest BCUT2D eigenvalue weighted by Gasteiger charge is -2.19. The van der Waals surface area contributed by atoms with E-state index in [1.54, 1.807) is 91.0 Å². The lowest BCUT2D eigenvalue weighted by Crippen LogP contribution is -2.30. The molecule has 1 atom stereocenters. The molecule has 0 saturated heterocycles. The minimum atomic E-state index is -0.624. The van der Waals surface area contributed by atoms with Crippen LogP contribution in [0.15, 0.2) is 132 Å². The van der Waals surface area contributed by atoms with Crippen LogP contribution < -0.4 is 30.2 Å². The van der Waals surface area contributed by atoms with Crippen LogP contribution in [-0.4, -0.2) is 39.1 Å². The maximum absolute atomic E-state index is 13.7. The Bertz CT molecular complexity index is 1990. The van der Waals surface area contributed by atoms with Crippen molar-refractivity contribution in [1.82, 2.24) is 5.32 Å². The Kier molecular flexibility index (Phi) is 12.2. The second-order valence-electron chi connectivity index (χ2n) is 10.7. The van der Waals surface area contributed by atoms with Crippen LogP contribution >= 0.6 is 23.4 Å². The van der Waals surface area contributed by atoms with Gasteiger partial charge in [-0.15, -0.1) is 11.8 Å². The number of carbonyl (C=O) groups is 3. The summed E-state index contributed by atoms with van der Waals surface area (Å²) in [5.74, 6) is 0.234. The summed E-state index contributed by atoms with van der Waals surface area (Å²) in [6, 6.07) is 35.2. The summed E-state index contributed by atoms with van der Waals surface area (Å²) in [4.78, 5) is 41.3. The summed E-state index contributed by atoms with van der Waals surface area (Å²) in [5, 5.41) is 8.39. The summed E-state index contributed by atoms with van der Waals surface area (Å²) in [6.45, 7) is 0. The molecule has 254 valence electrons. The van der Waals surface area contributed by atoms with E-state index in [-0.39, 0.29) is 11.6 Å². The number of halogens is 1. The molecule has 9 nitrogen and oxygen atoms in total. The SMILES string of the molecule is COc1ccc(OC)c(/C=C(\NC(=O)c2ccccc2)C(=O)Nc2ccc(SC(C(=O)Nc3cc(Cl)ccc3OC)c3ccccc3)cc2)c1. The third kappa shape index (κ3) is 9.25. The first-order chi connectivity index (χ1) is 24.3. The summed E-state index contributed by atoms with van der Waals surface area (Å²) >= 11 is 7.54. The van der Waals surface area contributed by atoms with Gasteiger partial charge in [0.2, 0.25) is 5.91 Å². The lowest BCUT2D eigenvalue weighted by atomic mass is 10.1. The van der Waals surface area contributed by atoms with Crippen LogP contribution in [-0.2, 0) is 9.59 Å². The fourth-order valence-electron chi connectivity index (χ4n) is 4.88. The van der Waals surface area contributed by atoms with Crippen molar-refractivity contribution in [2.45, 2.75) is 10.1 Å². The van der Waals surface area contributed by atoms with Crippen LogP contribution in [0.25, 0.3) is 6.08 Å². The number of carbonyl (C=O) groups excluding carboxylic acids is 3. The molecule has 0 bridgehead atoms. The van der Waals surface area contributed by atoms with Crippen LogP contribution in [0.3, 0.4) is 0 Å². The highest BCUT2D eigenvalue weighted by atomic mass is 35.5. The van der Waals surface area contributed by atoms with Gasteiger partial charge >= 0.3 is 0 Å². The monoisotopic (exact) mass is 707 g/mol. The van der Waals surface area contributed by atoms with Crippen LogP contribution in [0.5, 0.6) is 17.2 Å². The van der Waals surface area contributed by atoms with Gasteiger partial charge in [-0.2, -0.15) is 0 Å². The zero-order valence-electron chi connectivity index (χ0n) is 27.4. The molecular weight excluding hydrogens is 674 g/mol. The Labute approximate surface area is 299 Å². The number of benzene rings is 5. The van der Waals surface area contributed by atoms with Crippen LogP contribution in [0, 0.1) is 0 Å². The number of hydrogen-bond acceptors (Lipinski definition) is 7. The second kappa shape index (κ2) is 17.1. The number of rotatable bonds is 13. The van der Waals surface area contributed by atoms with Gasteiger partial charge in [0.25, 0.3) is 11.8 Å². The first-order valence-corrected chi connectivity index (χ1v) is 16.6. The molecule has 0 spiro atoms. The van der Waals surface area contributed by atoms with E-state index in [0.29, 0.717) is 44.8 Å². The van der Waals surface area contributed by atoms with Crippen LogP contribution in [0.1, 0.15) is 26.7 Å². The van der Waals surface area contributed by atoms with Crippen LogP contribution in [0.2, 0.25) is 5.02 Å². The van der Waals surface area contributed by atoms with E-state index < -0.39 is 17.1 Å². The summed E-state index contributed by atoms with van der Waals surface area (Å²) in [7, 11) is 4.57. The molecule has 3 N–H and O–H groups in total. The molecule has 0 aliphatic carbocycles. The number of nitrogens with one attached hydrogen (secondary N) is 3. The normalized spacial score (nSPS) is 11.6. The third-order valence-corrected chi connectivity index (χ3v) is 8.89. The Balaban J connectivity index is 1.37. The van der Waals surface area contributed by atoms with Gasteiger partial charge < -0.3 is 30.2 Å². The van der Waals surface area contributed by atoms with E-state index in [2.05, 4.69) is 16.0 Å². The molecule has 0 aliphatic heterocycles. The lowest BCUT2D eigenvalue weighted by molar-refractivity contribution is -0.116. The average molecular weight is 708 g/mol. The van der Waals surface area contributed by atoms with E-state index in [0.717, 1.165) is 10.5 Å². The van der Waals surface area contributed by atoms with Gasteiger partial charge in [-0.25, -0.2) is 0 Å². The van der Waals surface area contributed by atoms with E-state index >= 15 is 0 Å². The summed E-state index contributed by atoms with van der Waals surface area (Å²) in [6.07, 6.45) is 1.53. The highest BCUT2D eigenvalue weighted by Gasteiger charge is 2.24. The highest BCUT2D eigenvalue weighted by Crippen LogP contribution is 2.38. The van der Waals surface area contributed by atoms with Crippen molar-refractivity contribution in [1.29, 1.82) is 0 Å². The van der Waals surface area contributed by atoms with E-state index in [9.17, 15) is 14.4 Å². The van der Waals surface area contributed by atoms with Gasteiger partial charge in [0, 0.05) is 26.7 Å². The largest absolute Gasteiger partial charge is 0.497 e. The van der Waals surface area contributed by atoms with Crippen molar-refractivity contribution in [3.63, 3.8) is 0 Å². The Morgan fingerprint density at radius 3 is 2.04 bits per heavy atom. The molecule has 0 fully saturated rings. The summed E-state index contributed by atoms with van der Waals surface area (Å²) < 4.78 is 16.3. The molecule has 5 rings (SSSR count). The molecular formula is C39H34ClN3O6S. The number of ether oxygens (including phenoxy) is 3. The van der Waals surface area contributed by atoms with E-state index in [1.807, 2.05) is 30.3 Å². The van der Waals surface area contributed by atoms with E-state index in [1.165, 1.54) is 39.2 Å². The van der Waals surface area contributed by atoms with Gasteiger partial charge in [0.05, 0.1) is 27.0 Å². The molecule has 5 aromatic carbocycles. The molecule has 3 amide bonds. The zero-order chi connectivity index (χ0) is 35.5. The molecule has 1 unspecified atom stereocenters. The van der Waals surface area contributed by atoms with Crippen molar-refractivity contribution in [3.05, 3.63) is 149 Å². The quantitative estimate of drug-likeness (QED) is 0.0834. The standard InChI is InChI=1S/C39H34ClN3O6S/c1-47-30-17-21-34(48-2)27(22-30)23-33(43-37(44)26-12-8-5-9-13-26)38(45)41-29-15-18-31(19-16-29)50-36(25-10-6-4-7-11-25)39(46)42-32-24-28(40)14-20-35(32)49-3/h4-24,36H,1-3H3,(H,41,45)(H,42,46)(H,43,44)/b33-23-. The van der Waals surface area contributed by atoms with Crippen LogP contribution in [0.4, 0.5) is 11.4 Å². The Hall–Kier alpha value is -5.71. The predicted octanol–water partition coefficient (Wildman–Crippen LogP) is 8.25. The van der Waals surface area contributed by atoms with Gasteiger partial charge in [-0.05, 0) is 84.4 Å². The zero-order valence-corrected chi connectivity index (χ0v) is 29.0. The molecule has 0 radical (unpaired) electrons. The second-order valence-corrected chi connectivity index (χ2v) is 12.3. The third-order valence-electron chi connectivity index (χ3n) is 7.39. The minimum absolute atomic E-state index is 0.0129. The minimum Gasteiger partial charge on any atom is -0.497 e. The van der Waals surface area contributed by atoms with E-state index in [4.69, 9.17) is 25.8 Å². The molecule has 0 saturated carbocycles. The fraction of sp³-hybridized carbons (Fsp3) is 0.103. The number of methoxy groups -OCH3 is 3. The first kappa shape index (κ1) is 35.6. The summed E-state index contributed by atoms with van der Waals surface area (Å²) in [5.41, 5.74) is 2.63. The Morgan fingerprint density at radius 2 is 1.38 bits per heavy atom. The fourth-order valence-corrected chi connectivity index (χ4v) is 6.08. The number of hydrogen-bond donors (Lipinski definition) is 3. The van der Waals surface area contributed by atoms with Crippen molar-refractivity contribution in [2.75, 3.05) is 32.0 Å². The van der Waals surface area contributed by atoms with Crippen molar-refractivity contribution >= 4 is 58.5 Å². The van der Waals surface area contributed by atoms with Gasteiger partial charge in [0.1, 0.15) is 28.2 Å². The first-order valence-electron chi connectivity index (χ1n) is 15.4. The molecule has 0 heterocycles. The van der Waals surface area contributed by atoms with Gasteiger partial charge in [-0.1, -0.05) is 60.1 Å². The maximum Gasteiger partial charge on any atom is 0.272 e. The average Bonchev–Trinajstić information content (AvgIpc) is 3.14. The smallest absolute Gasteiger partial charge is 0.272 e. The maximum atomic E-state index is 13.7. The Morgan fingerprint density at radius 1 is 0.720 bits per heavy atom. The predicted molar refractivity (Wildman–Crippen MR) is 198 cm³/mol. The molecule has 50 heavy (non-hydrogen) atoms. The molecule has 0 aliphatic rings. The highest BCUT2D eigenvalue weighted by molar-refractivity contribution is 8.00. The topological polar surface area (TPSA) is 115 Å². The molecule has 5 aromatic rings. The molecule has 11 heteroatoms. The van der Waals surface area contributed by atoms with Gasteiger partial charge in [0.15, 0.2) is 0 Å². The number of anilines is 2. The number of amides is 3. The molecule has 0 aromatic heterocycles. The number of thioether (sulfide) groups is 1. The van der Waals surface area contributed by atoms with Crippen molar-refractivity contribution in [2.24, 2.45) is 0 Å².